The molecule has 2 aromatic rings. The van der Waals surface area contributed by atoms with Crippen LogP contribution in [-0.4, -0.2) is 28.4 Å². The van der Waals surface area contributed by atoms with Crippen molar-refractivity contribution < 1.29 is 4.74 Å². The van der Waals surface area contributed by atoms with E-state index in [2.05, 4.69) is 10.1 Å². The number of nitrogens with zero attached hydrogens (tertiary/aromatic N) is 2. The average molecular weight is 234 g/mol. The fraction of sp³-hybridized carbons (Fsp3) is 0.273. The molecule has 1 aromatic carbocycles. The molecule has 1 aromatic heterocycles. The first-order chi connectivity index (χ1) is 8.26. The van der Waals surface area contributed by atoms with Crippen molar-refractivity contribution in [1.29, 1.82) is 0 Å². The Kier molecular flexibility index (Phi) is 3.24. The number of nitrogens with two attached hydrogens (primary N) is 1. The van der Waals surface area contributed by atoms with Gasteiger partial charge in [-0.2, -0.15) is 4.68 Å². The van der Waals surface area contributed by atoms with E-state index >= 15 is 0 Å². The van der Waals surface area contributed by atoms with Crippen LogP contribution in [0.25, 0.3) is 5.69 Å². The number of benzene rings is 1. The maximum absolute atomic E-state index is 11.7. The van der Waals surface area contributed by atoms with E-state index in [-0.39, 0.29) is 5.69 Å². The van der Waals surface area contributed by atoms with Gasteiger partial charge in [0.2, 0.25) is 0 Å². The summed E-state index contributed by atoms with van der Waals surface area (Å²) in [6.45, 7) is 0.443. The van der Waals surface area contributed by atoms with Crippen molar-refractivity contribution in [3.05, 3.63) is 40.6 Å². The van der Waals surface area contributed by atoms with Gasteiger partial charge in [0.1, 0.15) is 17.3 Å². The summed E-state index contributed by atoms with van der Waals surface area (Å²) in [5, 5.41) is 4.17. The molecule has 0 aliphatic heterocycles. The quantitative estimate of drug-likeness (QED) is 0.783. The van der Waals surface area contributed by atoms with E-state index < -0.39 is 0 Å². The monoisotopic (exact) mass is 234 g/mol. The van der Waals surface area contributed by atoms with Crippen molar-refractivity contribution in [2.24, 2.45) is 5.73 Å². The molecule has 1 heterocycles. The lowest BCUT2D eigenvalue weighted by Crippen LogP contribution is -2.16. The Morgan fingerprint density at radius 1 is 1.47 bits per heavy atom. The summed E-state index contributed by atoms with van der Waals surface area (Å²) in [6, 6.07) is 7.20. The van der Waals surface area contributed by atoms with Crippen molar-refractivity contribution in [3.8, 4) is 11.4 Å². The number of aromatic nitrogens is 3. The van der Waals surface area contributed by atoms with Crippen LogP contribution in [0.4, 0.5) is 0 Å². The summed E-state index contributed by atoms with van der Waals surface area (Å²) in [7, 11) is 1.55. The molecule has 6 heteroatoms. The first-order valence-corrected chi connectivity index (χ1v) is 5.28. The van der Waals surface area contributed by atoms with E-state index in [1.165, 1.54) is 4.68 Å². The third kappa shape index (κ3) is 2.21. The molecule has 0 atom stereocenters. The number of nitrogens with one attached hydrogen (secondary N) is 1. The van der Waals surface area contributed by atoms with Crippen molar-refractivity contribution in [3.63, 3.8) is 0 Å². The number of rotatable bonds is 4. The van der Waals surface area contributed by atoms with Crippen LogP contribution in [0.5, 0.6) is 5.75 Å². The fourth-order valence-electron chi connectivity index (χ4n) is 1.58. The lowest BCUT2D eigenvalue weighted by molar-refractivity contribution is 0.411. The number of H-pyrrole nitrogens is 1. The number of para-hydroxylation sites is 2. The summed E-state index contributed by atoms with van der Waals surface area (Å²) < 4.78 is 6.47. The molecule has 17 heavy (non-hydrogen) atoms. The molecule has 6 nitrogen and oxygen atoms in total. The number of hydrogen-bond donors (Lipinski definition) is 2. The van der Waals surface area contributed by atoms with E-state index in [9.17, 15) is 4.79 Å². The Balaban J connectivity index is 2.49. The second-order valence-corrected chi connectivity index (χ2v) is 3.50. The summed E-state index contributed by atoms with van der Waals surface area (Å²) in [4.78, 5) is 14.4. The second-order valence-electron chi connectivity index (χ2n) is 3.50. The summed E-state index contributed by atoms with van der Waals surface area (Å²) in [5.41, 5.74) is 5.74. The van der Waals surface area contributed by atoms with Gasteiger partial charge in [-0.3, -0.25) is 4.98 Å². The standard InChI is InChI=1S/C11H14N4O2/c1-17-9-5-3-2-4-8(9)15-11(16)13-10(14-15)6-7-12/h2-5H,6-7,12H2,1H3,(H,13,14,16). The Morgan fingerprint density at radius 3 is 2.94 bits per heavy atom. The molecule has 0 bridgehead atoms. The molecular weight excluding hydrogens is 220 g/mol. The molecule has 0 amide bonds. The van der Waals surface area contributed by atoms with Crippen LogP contribution in [0.3, 0.4) is 0 Å². The largest absolute Gasteiger partial charge is 0.494 e. The number of aromatic amines is 1. The Morgan fingerprint density at radius 2 is 2.24 bits per heavy atom. The maximum atomic E-state index is 11.7. The third-order valence-electron chi connectivity index (χ3n) is 2.36. The maximum Gasteiger partial charge on any atom is 0.348 e. The molecule has 90 valence electrons. The highest BCUT2D eigenvalue weighted by Gasteiger charge is 2.10. The number of hydrogen-bond acceptors (Lipinski definition) is 4. The fourth-order valence-corrected chi connectivity index (χ4v) is 1.58. The highest BCUT2D eigenvalue weighted by Crippen LogP contribution is 2.19. The lowest BCUT2D eigenvalue weighted by atomic mass is 10.3. The van der Waals surface area contributed by atoms with E-state index in [1.807, 2.05) is 12.1 Å². The predicted molar refractivity (Wildman–Crippen MR) is 63.5 cm³/mol. The van der Waals surface area contributed by atoms with Crippen molar-refractivity contribution in [2.75, 3.05) is 13.7 Å². The average Bonchev–Trinajstić information content (AvgIpc) is 2.70. The highest BCUT2D eigenvalue weighted by atomic mass is 16.5. The van der Waals surface area contributed by atoms with Gasteiger partial charge in [0, 0.05) is 6.42 Å². The predicted octanol–water partition coefficient (Wildman–Crippen LogP) is 0.0704. The Hall–Kier alpha value is -2.08. The normalized spacial score (nSPS) is 10.5. The highest BCUT2D eigenvalue weighted by molar-refractivity contribution is 5.45. The van der Waals surface area contributed by atoms with Crippen LogP contribution in [0, 0.1) is 0 Å². The molecular formula is C11H14N4O2. The van der Waals surface area contributed by atoms with E-state index in [0.717, 1.165) is 0 Å². The zero-order chi connectivity index (χ0) is 12.3. The topological polar surface area (TPSA) is 85.9 Å². The van der Waals surface area contributed by atoms with Crippen LogP contribution in [-0.2, 0) is 6.42 Å². The Labute approximate surface area is 98.0 Å². The minimum atomic E-state index is -0.294. The van der Waals surface area contributed by atoms with Crippen LogP contribution >= 0.6 is 0 Å². The van der Waals surface area contributed by atoms with Gasteiger partial charge in [0.05, 0.1) is 7.11 Å². The van der Waals surface area contributed by atoms with Crippen LogP contribution in [0.1, 0.15) is 5.82 Å². The smallest absolute Gasteiger partial charge is 0.348 e. The number of ether oxygens (including phenoxy) is 1. The van der Waals surface area contributed by atoms with Gasteiger partial charge in [-0.05, 0) is 18.7 Å². The number of methoxy groups -OCH3 is 1. The van der Waals surface area contributed by atoms with Gasteiger partial charge in [0.15, 0.2) is 0 Å². The molecule has 0 unspecified atom stereocenters. The third-order valence-corrected chi connectivity index (χ3v) is 2.36. The van der Waals surface area contributed by atoms with Crippen LogP contribution in [0.2, 0.25) is 0 Å². The van der Waals surface area contributed by atoms with Crippen LogP contribution in [0.15, 0.2) is 29.1 Å². The Bertz CT molecular complexity index is 559. The zero-order valence-corrected chi connectivity index (χ0v) is 9.51. The molecule has 3 N–H and O–H groups in total. The van der Waals surface area contributed by atoms with E-state index in [1.54, 1.807) is 19.2 Å². The van der Waals surface area contributed by atoms with Gasteiger partial charge in [-0.1, -0.05) is 12.1 Å². The molecule has 0 fully saturated rings. The van der Waals surface area contributed by atoms with E-state index in [0.29, 0.717) is 30.2 Å². The van der Waals surface area contributed by atoms with Gasteiger partial charge in [-0.15, -0.1) is 5.10 Å². The molecule has 0 saturated carbocycles. The minimum absolute atomic E-state index is 0.294. The summed E-state index contributed by atoms with van der Waals surface area (Å²) in [5.74, 6) is 1.17. The van der Waals surface area contributed by atoms with Crippen molar-refractivity contribution in [1.82, 2.24) is 14.8 Å². The van der Waals surface area contributed by atoms with Gasteiger partial charge in [-0.25, -0.2) is 4.79 Å². The molecule has 0 aliphatic carbocycles. The molecule has 0 aliphatic rings. The first-order valence-electron chi connectivity index (χ1n) is 5.28. The van der Waals surface area contributed by atoms with Gasteiger partial charge in [0.25, 0.3) is 0 Å². The summed E-state index contributed by atoms with van der Waals surface area (Å²) >= 11 is 0. The lowest BCUT2D eigenvalue weighted by Gasteiger charge is -2.05. The van der Waals surface area contributed by atoms with Crippen LogP contribution < -0.4 is 16.2 Å². The molecule has 2 rings (SSSR count). The second kappa shape index (κ2) is 4.84. The zero-order valence-electron chi connectivity index (χ0n) is 9.51. The SMILES string of the molecule is COc1ccccc1-n1nc(CCN)[nH]c1=O. The molecule has 0 spiro atoms. The molecule has 0 saturated heterocycles. The van der Waals surface area contributed by atoms with E-state index in [4.69, 9.17) is 10.5 Å². The molecule has 0 radical (unpaired) electrons. The minimum Gasteiger partial charge on any atom is -0.494 e. The van der Waals surface area contributed by atoms with Gasteiger partial charge >= 0.3 is 5.69 Å². The van der Waals surface area contributed by atoms with Crippen molar-refractivity contribution in [2.45, 2.75) is 6.42 Å². The van der Waals surface area contributed by atoms with Gasteiger partial charge < -0.3 is 10.5 Å². The summed E-state index contributed by atoms with van der Waals surface area (Å²) in [6.07, 6.45) is 0.539. The first kappa shape index (κ1) is 11.4. The van der Waals surface area contributed by atoms with Crippen molar-refractivity contribution >= 4 is 0 Å².